The Morgan fingerprint density at radius 1 is 1.18 bits per heavy atom. The predicted molar refractivity (Wildman–Crippen MR) is 115 cm³/mol. The number of aromatic amines is 2. The van der Waals surface area contributed by atoms with Crippen LogP contribution >= 0.6 is 24.4 Å². The SMILES string of the molecule is CN(CCC(=O)Nc1cc(O)cc(Nc2cc(=S)[nH]c(=S)[nH]2)c1)N1CCCC1. The first-order valence-corrected chi connectivity index (χ1v) is 9.91. The third kappa shape index (κ3) is 5.86. The van der Waals surface area contributed by atoms with Crippen molar-refractivity contribution in [3.05, 3.63) is 33.7 Å². The van der Waals surface area contributed by atoms with Gasteiger partial charge in [0, 0.05) is 62.7 Å². The number of hydrogen-bond acceptors (Lipinski definition) is 7. The highest BCUT2D eigenvalue weighted by molar-refractivity contribution is 7.72. The summed E-state index contributed by atoms with van der Waals surface area (Å²) in [5, 5.41) is 20.3. The Morgan fingerprint density at radius 2 is 1.89 bits per heavy atom. The van der Waals surface area contributed by atoms with Crippen molar-refractivity contribution in [2.45, 2.75) is 19.3 Å². The van der Waals surface area contributed by atoms with Gasteiger partial charge in [0.2, 0.25) is 5.91 Å². The summed E-state index contributed by atoms with van der Waals surface area (Å²) in [6.07, 6.45) is 2.77. The molecule has 1 fully saturated rings. The number of amides is 1. The molecule has 0 bridgehead atoms. The van der Waals surface area contributed by atoms with Gasteiger partial charge in [0.15, 0.2) is 4.77 Å². The van der Waals surface area contributed by atoms with Crippen LogP contribution in [0.15, 0.2) is 24.3 Å². The van der Waals surface area contributed by atoms with E-state index in [1.54, 1.807) is 18.2 Å². The summed E-state index contributed by atoms with van der Waals surface area (Å²) < 4.78 is 0.882. The molecule has 0 radical (unpaired) electrons. The molecule has 1 aromatic heterocycles. The fourth-order valence-corrected chi connectivity index (χ4v) is 3.62. The molecule has 2 heterocycles. The molecule has 10 heteroatoms. The summed E-state index contributed by atoms with van der Waals surface area (Å²) in [5.41, 5.74) is 1.10. The highest BCUT2D eigenvalue weighted by atomic mass is 32.1. The van der Waals surface area contributed by atoms with Gasteiger partial charge in [0.1, 0.15) is 16.2 Å². The molecule has 0 unspecified atom stereocenters. The van der Waals surface area contributed by atoms with Gasteiger partial charge < -0.3 is 25.7 Å². The number of hydrazine groups is 1. The highest BCUT2D eigenvalue weighted by Crippen LogP contribution is 2.25. The molecule has 8 nitrogen and oxygen atoms in total. The maximum atomic E-state index is 12.3. The van der Waals surface area contributed by atoms with Gasteiger partial charge in [-0.1, -0.05) is 12.2 Å². The Hall–Kier alpha value is -2.27. The van der Waals surface area contributed by atoms with Crippen molar-refractivity contribution >= 4 is 47.5 Å². The second-order valence-corrected chi connectivity index (χ2v) is 7.58. The molecule has 28 heavy (non-hydrogen) atoms. The minimum atomic E-state index is -0.107. The molecular formula is C18H24N6O2S2. The Morgan fingerprint density at radius 3 is 2.61 bits per heavy atom. The third-order valence-electron chi connectivity index (χ3n) is 4.47. The van der Waals surface area contributed by atoms with E-state index >= 15 is 0 Å². The largest absolute Gasteiger partial charge is 0.508 e. The average Bonchev–Trinajstić information content (AvgIpc) is 3.13. The molecule has 1 aliphatic heterocycles. The number of carbonyl (C=O) groups is 1. The van der Waals surface area contributed by atoms with Crippen LogP contribution in [0.5, 0.6) is 5.75 Å². The maximum Gasteiger partial charge on any atom is 0.225 e. The molecule has 3 rings (SSSR count). The normalized spacial score (nSPS) is 14.4. The average molecular weight is 421 g/mol. The van der Waals surface area contributed by atoms with Crippen molar-refractivity contribution in [3.8, 4) is 5.75 Å². The minimum Gasteiger partial charge on any atom is -0.508 e. The van der Waals surface area contributed by atoms with Gasteiger partial charge in [0.25, 0.3) is 0 Å². The van der Waals surface area contributed by atoms with Gasteiger partial charge in [-0.3, -0.25) is 4.79 Å². The second kappa shape index (κ2) is 9.28. The van der Waals surface area contributed by atoms with Crippen molar-refractivity contribution < 1.29 is 9.90 Å². The fourth-order valence-electron chi connectivity index (χ4n) is 3.12. The summed E-state index contributed by atoms with van der Waals surface area (Å²) in [5.74, 6) is 0.516. The van der Waals surface area contributed by atoms with Gasteiger partial charge in [-0.05, 0) is 31.1 Å². The Labute approximate surface area is 173 Å². The topological polar surface area (TPSA) is 99.4 Å². The van der Waals surface area contributed by atoms with Crippen molar-refractivity contribution in [2.24, 2.45) is 0 Å². The first-order valence-electron chi connectivity index (χ1n) is 9.09. The number of aromatic nitrogens is 2. The lowest BCUT2D eigenvalue weighted by atomic mass is 10.2. The zero-order valence-corrected chi connectivity index (χ0v) is 17.3. The van der Waals surface area contributed by atoms with E-state index in [1.165, 1.54) is 18.9 Å². The summed E-state index contributed by atoms with van der Waals surface area (Å²) >= 11 is 10.2. The van der Waals surface area contributed by atoms with Crippen LogP contribution in [0.25, 0.3) is 0 Å². The number of carbonyl (C=O) groups excluding carboxylic acids is 1. The molecule has 0 spiro atoms. The van der Waals surface area contributed by atoms with Gasteiger partial charge in [-0.25, -0.2) is 10.0 Å². The number of aromatic hydroxyl groups is 1. The smallest absolute Gasteiger partial charge is 0.225 e. The van der Waals surface area contributed by atoms with Crippen LogP contribution in [0.4, 0.5) is 17.2 Å². The summed E-state index contributed by atoms with van der Waals surface area (Å²) in [7, 11) is 2.00. The highest BCUT2D eigenvalue weighted by Gasteiger charge is 2.16. The lowest BCUT2D eigenvalue weighted by Gasteiger charge is -2.27. The number of benzene rings is 1. The monoisotopic (exact) mass is 420 g/mol. The van der Waals surface area contributed by atoms with Crippen LogP contribution in [-0.4, -0.2) is 57.7 Å². The Balaban J connectivity index is 1.61. The number of anilines is 3. The number of phenolic OH excluding ortho intramolecular Hbond substituents is 1. The van der Waals surface area contributed by atoms with E-state index in [0.717, 1.165) is 13.1 Å². The lowest BCUT2D eigenvalue weighted by molar-refractivity contribution is -0.117. The molecule has 1 saturated heterocycles. The van der Waals surface area contributed by atoms with Crippen LogP contribution in [0.3, 0.4) is 0 Å². The van der Waals surface area contributed by atoms with E-state index < -0.39 is 0 Å². The van der Waals surface area contributed by atoms with Crippen LogP contribution in [0, 0.1) is 9.41 Å². The predicted octanol–water partition coefficient (Wildman–Crippen LogP) is 3.52. The van der Waals surface area contributed by atoms with Crippen LogP contribution in [-0.2, 0) is 4.79 Å². The van der Waals surface area contributed by atoms with Gasteiger partial charge in [0.05, 0.1) is 0 Å². The first-order chi connectivity index (χ1) is 13.4. The van der Waals surface area contributed by atoms with E-state index in [1.807, 2.05) is 7.05 Å². The van der Waals surface area contributed by atoms with Gasteiger partial charge >= 0.3 is 0 Å². The molecule has 1 amide bonds. The second-order valence-electron chi connectivity index (χ2n) is 6.74. The summed E-state index contributed by atoms with van der Waals surface area (Å²) in [6, 6.07) is 6.47. The fraction of sp³-hybridized carbons (Fsp3) is 0.389. The number of nitrogens with zero attached hydrogens (tertiary/aromatic N) is 2. The van der Waals surface area contributed by atoms with Crippen LogP contribution in [0.2, 0.25) is 0 Å². The zero-order chi connectivity index (χ0) is 20.1. The minimum absolute atomic E-state index is 0.0363. The number of H-pyrrole nitrogens is 2. The van der Waals surface area contributed by atoms with E-state index in [0.29, 0.717) is 39.6 Å². The van der Waals surface area contributed by atoms with E-state index in [-0.39, 0.29) is 11.7 Å². The van der Waals surface area contributed by atoms with Crippen molar-refractivity contribution in [1.82, 2.24) is 20.0 Å². The quantitative estimate of drug-likeness (QED) is 0.437. The molecule has 1 aliphatic rings. The van der Waals surface area contributed by atoms with Crippen LogP contribution < -0.4 is 10.6 Å². The molecule has 1 aromatic carbocycles. The molecule has 150 valence electrons. The van der Waals surface area contributed by atoms with E-state index in [2.05, 4.69) is 30.6 Å². The van der Waals surface area contributed by atoms with Gasteiger partial charge in [-0.2, -0.15) is 0 Å². The summed E-state index contributed by atoms with van der Waals surface area (Å²) in [6.45, 7) is 2.74. The number of nitrogens with one attached hydrogen (secondary N) is 4. The Kier molecular flexibility index (Phi) is 6.79. The lowest BCUT2D eigenvalue weighted by Crippen LogP contribution is -2.39. The number of hydrogen-bond donors (Lipinski definition) is 5. The maximum absolute atomic E-state index is 12.3. The standard InChI is InChI=1S/C18H24N6O2S2/c1-23(24-5-2-3-6-24)7-4-16(26)20-13-8-12(9-14(25)10-13)19-15-11-17(27)22-18(28)21-15/h8-11,25H,2-7H2,1H3,(H,20,26)(H3,19,21,22,27,28). The zero-order valence-electron chi connectivity index (χ0n) is 15.6. The number of rotatable bonds is 7. The van der Waals surface area contributed by atoms with Crippen molar-refractivity contribution in [2.75, 3.05) is 37.3 Å². The van der Waals surface area contributed by atoms with Gasteiger partial charge in [-0.15, -0.1) is 0 Å². The Bertz CT molecular complexity index is 923. The van der Waals surface area contributed by atoms with Crippen LogP contribution in [0.1, 0.15) is 19.3 Å². The molecule has 2 aromatic rings. The molecule has 0 saturated carbocycles. The third-order valence-corrected chi connectivity index (χ3v) is 4.89. The molecule has 5 N–H and O–H groups in total. The molecule has 0 atom stereocenters. The molecular weight excluding hydrogens is 396 g/mol. The van der Waals surface area contributed by atoms with E-state index in [4.69, 9.17) is 24.4 Å². The number of phenols is 1. The van der Waals surface area contributed by atoms with Crippen molar-refractivity contribution in [1.29, 1.82) is 0 Å². The van der Waals surface area contributed by atoms with E-state index in [9.17, 15) is 9.90 Å². The summed E-state index contributed by atoms with van der Waals surface area (Å²) in [4.78, 5) is 18.1. The van der Waals surface area contributed by atoms with Crippen molar-refractivity contribution in [3.63, 3.8) is 0 Å². The first kappa shape index (κ1) is 20.5. The molecule has 0 aliphatic carbocycles.